The lowest BCUT2D eigenvalue weighted by atomic mass is 10.1. The van der Waals surface area contributed by atoms with Crippen molar-refractivity contribution in [3.8, 4) is 0 Å². The molecule has 0 radical (unpaired) electrons. The number of aldehydes is 1. The van der Waals surface area contributed by atoms with Crippen LogP contribution in [0.5, 0.6) is 0 Å². The van der Waals surface area contributed by atoms with Crippen molar-refractivity contribution in [2.24, 2.45) is 0 Å². The average molecular weight is 145 g/mol. The normalized spacial score (nSPS) is 11.5. The Labute approximate surface area is 65.3 Å². The fraction of sp³-hybridized carbons (Fsp3) is 0.111. The monoisotopic (exact) mass is 145 g/mol. The van der Waals surface area contributed by atoms with Crippen molar-refractivity contribution in [2.75, 3.05) is 0 Å². The summed E-state index contributed by atoms with van der Waals surface area (Å²) in [6, 6.07) is 8.41. The van der Waals surface area contributed by atoms with E-state index in [9.17, 15) is 4.79 Å². The summed E-state index contributed by atoms with van der Waals surface area (Å²) in [5.74, 6) is 0. The number of carbonyl (C=O) groups excluding carboxylic acids is 1. The van der Waals surface area contributed by atoms with E-state index < -0.39 is 6.04 Å². The summed E-state index contributed by atoms with van der Waals surface area (Å²) in [6.45, 7) is 6.69. The molecule has 1 unspecified atom stereocenters. The lowest BCUT2D eigenvalue weighted by Gasteiger charge is -1.94. The Morgan fingerprint density at radius 1 is 1.36 bits per heavy atom. The molecule has 0 saturated carbocycles. The molecule has 1 atom stereocenters. The lowest BCUT2D eigenvalue weighted by molar-refractivity contribution is -0.108. The van der Waals surface area contributed by atoms with Crippen molar-refractivity contribution < 1.29 is 4.79 Å². The number of benzene rings is 1. The smallest absolute Gasteiger partial charge is 0.300 e. The van der Waals surface area contributed by atoms with Gasteiger partial charge < -0.3 is 4.85 Å². The predicted molar refractivity (Wildman–Crippen MR) is 41.8 cm³/mol. The number of hydrogen-bond donors (Lipinski definition) is 0. The molecule has 0 aliphatic rings. The first-order valence-corrected chi connectivity index (χ1v) is 3.25. The molecular weight excluding hydrogens is 138 g/mol. The fourth-order valence-corrected chi connectivity index (χ4v) is 0.834. The SMILES string of the molecule is [C-]#[N+]C(C=O)c1ccccc1. The maximum absolute atomic E-state index is 10.3. The third-order valence-corrected chi connectivity index (χ3v) is 1.41. The van der Waals surface area contributed by atoms with E-state index in [1.807, 2.05) is 18.2 Å². The summed E-state index contributed by atoms with van der Waals surface area (Å²) in [7, 11) is 0. The van der Waals surface area contributed by atoms with Crippen molar-refractivity contribution in [3.63, 3.8) is 0 Å². The van der Waals surface area contributed by atoms with E-state index in [1.165, 1.54) is 0 Å². The standard InChI is InChI=1S/C9H7NO/c1-10-9(7-11)8-5-3-2-4-6-8/h2-7,9H. The summed E-state index contributed by atoms with van der Waals surface area (Å²) < 4.78 is 0. The Kier molecular flexibility index (Phi) is 2.40. The van der Waals surface area contributed by atoms with Gasteiger partial charge in [-0.2, -0.15) is 0 Å². The van der Waals surface area contributed by atoms with Crippen LogP contribution in [0.25, 0.3) is 4.85 Å². The van der Waals surface area contributed by atoms with E-state index >= 15 is 0 Å². The van der Waals surface area contributed by atoms with E-state index in [0.29, 0.717) is 6.29 Å². The van der Waals surface area contributed by atoms with Crippen LogP contribution in [0.2, 0.25) is 0 Å². The van der Waals surface area contributed by atoms with E-state index in [0.717, 1.165) is 5.56 Å². The van der Waals surface area contributed by atoms with Crippen LogP contribution in [0.3, 0.4) is 0 Å². The van der Waals surface area contributed by atoms with Crippen molar-refractivity contribution in [3.05, 3.63) is 47.3 Å². The van der Waals surface area contributed by atoms with Gasteiger partial charge in [0.25, 0.3) is 0 Å². The molecule has 0 spiro atoms. The maximum Gasteiger partial charge on any atom is 0.303 e. The van der Waals surface area contributed by atoms with Crippen molar-refractivity contribution in [1.29, 1.82) is 0 Å². The zero-order chi connectivity index (χ0) is 8.10. The highest BCUT2D eigenvalue weighted by Crippen LogP contribution is 2.13. The van der Waals surface area contributed by atoms with Crippen LogP contribution in [0.15, 0.2) is 30.3 Å². The van der Waals surface area contributed by atoms with Gasteiger partial charge in [0, 0.05) is 5.56 Å². The number of hydrogen-bond acceptors (Lipinski definition) is 1. The minimum Gasteiger partial charge on any atom is -0.300 e. The Balaban J connectivity index is 2.93. The molecule has 0 aliphatic heterocycles. The summed E-state index contributed by atoms with van der Waals surface area (Å²) in [5, 5.41) is 0. The number of rotatable bonds is 2. The van der Waals surface area contributed by atoms with Crippen LogP contribution in [-0.4, -0.2) is 6.29 Å². The van der Waals surface area contributed by atoms with Crippen LogP contribution in [0, 0.1) is 6.57 Å². The number of carbonyl (C=O) groups is 1. The summed E-state index contributed by atoms with van der Waals surface area (Å²) >= 11 is 0. The molecule has 0 amide bonds. The second-order valence-corrected chi connectivity index (χ2v) is 2.12. The zero-order valence-corrected chi connectivity index (χ0v) is 5.90. The van der Waals surface area contributed by atoms with Gasteiger partial charge in [0.2, 0.25) is 6.29 Å². The highest BCUT2D eigenvalue weighted by Gasteiger charge is 2.11. The Hall–Kier alpha value is -1.62. The summed E-state index contributed by atoms with van der Waals surface area (Å²) in [5.41, 5.74) is 0.762. The molecule has 2 nitrogen and oxygen atoms in total. The third kappa shape index (κ3) is 1.65. The third-order valence-electron chi connectivity index (χ3n) is 1.41. The Morgan fingerprint density at radius 3 is 2.45 bits per heavy atom. The molecule has 2 heteroatoms. The molecular formula is C9H7NO. The molecule has 0 bridgehead atoms. The first-order valence-electron chi connectivity index (χ1n) is 3.25. The van der Waals surface area contributed by atoms with Gasteiger partial charge >= 0.3 is 6.04 Å². The molecule has 0 saturated heterocycles. The van der Waals surface area contributed by atoms with Crippen LogP contribution < -0.4 is 0 Å². The van der Waals surface area contributed by atoms with Gasteiger partial charge in [-0.15, -0.1) is 0 Å². The van der Waals surface area contributed by atoms with Gasteiger partial charge in [0.15, 0.2) is 0 Å². The van der Waals surface area contributed by atoms with Gasteiger partial charge in [0.05, 0.1) is 0 Å². The van der Waals surface area contributed by atoms with E-state index in [4.69, 9.17) is 6.57 Å². The first kappa shape index (κ1) is 7.49. The molecule has 11 heavy (non-hydrogen) atoms. The molecule has 0 heterocycles. The summed E-state index contributed by atoms with van der Waals surface area (Å²) in [4.78, 5) is 13.5. The minimum absolute atomic E-state index is 0.629. The zero-order valence-electron chi connectivity index (χ0n) is 5.90. The van der Waals surface area contributed by atoms with E-state index in [-0.39, 0.29) is 0 Å². The molecule has 0 aromatic heterocycles. The molecule has 54 valence electrons. The first-order chi connectivity index (χ1) is 5.38. The molecule has 0 aliphatic carbocycles. The van der Waals surface area contributed by atoms with Gasteiger partial charge in [-0.3, -0.25) is 4.79 Å². The van der Waals surface area contributed by atoms with Crippen molar-refractivity contribution in [2.45, 2.75) is 6.04 Å². The highest BCUT2D eigenvalue weighted by molar-refractivity contribution is 5.63. The van der Waals surface area contributed by atoms with Crippen molar-refractivity contribution >= 4 is 6.29 Å². The van der Waals surface area contributed by atoms with Gasteiger partial charge in [0.1, 0.15) is 0 Å². The molecule has 0 fully saturated rings. The van der Waals surface area contributed by atoms with Gasteiger partial charge in [-0.05, 0) is 0 Å². The second kappa shape index (κ2) is 3.52. The largest absolute Gasteiger partial charge is 0.303 e. The molecule has 1 aromatic carbocycles. The van der Waals surface area contributed by atoms with E-state index in [2.05, 4.69) is 4.85 Å². The Morgan fingerprint density at radius 2 is 2.00 bits per heavy atom. The van der Waals surface area contributed by atoms with Crippen LogP contribution >= 0.6 is 0 Å². The van der Waals surface area contributed by atoms with Crippen LogP contribution in [-0.2, 0) is 4.79 Å². The number of nitrogens with zero attached hydrogens (tertiary/aromatic N) is 1. The lowest BCUT2D eigenvalue weighted by Crippen LogP contribution is -1.92. The molecule has 0 N–H and O–H groups in total. The molecule has 1 rings (SSSR count). The maximum atomic E-state index is 10.3. The second-order valence-electron chi connectivity index (χ2n) is 2.12. The Bertz CT molecular complexity index is 273. The predicted octanol–water partition coefficient (Wildman–Crippen LogP) is 1.85. The topological polar surface area (TPSA) is 21.4 Å². The van der Waals surface area contributed by atoms with Crippen LogP contribution in [0.1, 0.15) is 11.6 Å². The van der Waals surface area contributed by atoms with Crippen LogP contribution in [0.4, 0.5) is 0 Å². The van der Waals surface area contributed by atoms with Gasteiger partial charge in [-0.25, -0.2) is 6.57 Å². The highest BCUT2D eigenvalue weighted by atomic mass is 16.1. The summed E-state index contributed by atoms with van der Waals surface area (Å²) in [6.07, 6.45) is 0.655. The van der Waals surface area contributed by atoms with Crippen molar-refractivity contribution in [1.82, 2.24) is 0 Å². The minimum atomic E-state index is -0.629. The fourth-order valence-electron chi connectivity index (χ4n) is 0.834. The van der Waals surface area contributed by atoms with Gasteiger partial charge in [-0.1, -0.05) is 30.3 Å². The quantitative estimate of drug-likeness (QED) is 0.459. The average Bonchev–Trinajstić information content (AvgIpc) is 2.09. The molecule has 1 aromatic rings. The van der Waals surface area contributed by atoms with E-state index in [1.54, 1.807) is 12.1 Å².